The van der Waals surface area contributed by atoms with Gasteiger partial charge in [0.2, 0.25) is 0 Å². The highest BCUT2D eigenvalue weighted by molar-refractivity contribution is 14.1. The minimum atomic E-state index is 0.383. The third kappa shape index (κ3) is 2.73. The summed E-state index contributed by atoms with van der Waals surface area (Å²) in [6.45, 7) is 0. The number of rotatable bonds is 3. The van der Waals surface area contributed by atoms with E-state index in [1.54, 1.807) is 7.11 Å². The van der Waals surface area contributed by atoms with Gasteiger partial charge in [0.15, 0.2) is 11.6 Å². The number of hydrogen-bond donors (Lipinski definition) is 1. The molecular weight excluding hydrogens is 379 g/mol. The molecule has 0 saturated heterocycles. The largest absolute Gasteiger partial charge is 0.497 e. The Morgan fingerprint density at radius 1 is 1.10 bits per heavy atom. The van der Waals surface area contributed by atoms with Crippen LogP contribution in [0.25, 0.3) is 22.5 Å². The van der Waals surface area contributed by atoms with Gasteiger partial charge < -0.3 is 15.0 Å². The highest BCUT2D eigenvalue weighted by atomic mass is 127. The van der Waals surface area contributed by atoms with Gasteiger partial charge in [-0.2, -0.15) is 0 Å². The number of hydrogen-bond acceptors (Lipinski definition) is 4. The van der Waals surface area contributed by atoms with E-state index < -0.39 is 0 Å². The average Bonchev–Trinajstić information content (AvgIpc) is 2.89. The van der Waals surface area contributed by atoms with Crippen molar-refractivity contribution in [1.82, 2.24) is 5.16 Å². The summed E-state index contributed by atoms with van der Waals surface area (Å²) in [4.78, 5) is 0. The molecule has 106 valence electrons. The Balaban J connectivity index is 2.12. The number of nitrogens with two attached hydrogens (primary N) is 1. The predicted molar refractivity (Wildman–Crippen MR) is 91.1 cm³/mol. The summed E-state index contributed by atoms with van der Waals surface area (Å²) in [5.41, 5.74) is 8.69. The van der Waals surface area contributed by atoms with Crippen LogP contribution in [0.1, 0.15) is 0 Å². The van der Waals surface area contributed by atoms with Crippen molar-refractivity contribution >= 4 is 28.4 Å². The molecule has 0 unspecified atom stereocenters. The van der Waals surface area contributed by atoms with Gasteiger partial charge in [0.25, 0.3) is 0 Å². The predicted octanol–water partition coefficient (Wildman–Crippen LogP) is 4.20. The zero-order valence-electron chi connectivity index (χ0n) is 11.3. The van der Waals surface area contributed by atoms with Gasteiger partial charge >= 0.3 is 0 Å². The number of anilines is 1. The van der Waals surface area contributed by atoms with Gasteiger partial charge in [-0.05, 0) is 52.4 Å². The Labute approximate surface area is 136 Å². The highest BCUT2D eigenvalue weighted by Crippen LogP contribution is 2.37. The number of ether oxygens (including phenoxy) is 1. The fraction of sp³-hybridized carbons (Fsp3) is 0.0625. The molecule has 4 nitrogen and oxygen atoms in total. The van der Waals surface area contributed by atoms with Crippen molar-refractivity contribution in [3.05, 3.63) is 52.1 Å². The lowest BCUT2D eigenvalue weighted by atomic mass is 10.0. The van der Waals surface area contributed by atoms with Crippen molar-refractivity contribution < 1.29 is 9.26 Å². The Morgan fingerprint density at radius 2 is 1.86 bits per heavy atom. The molecule has 3 aromatic rings. The van der Waals surface area contributed by atoms with E-state index in [1.165, 1.54) is 0 Å². The van der Waals surface area contributed by atoms with Gasteiger partial charge in [-0.15, -0.1) is 0 Å². The van der Waals surface area contributed by atoms with Gasteiger partial charge in [-0.25, -0.2) is 0 Å². The lowest BCUT2D eigenvalue weighted by Crippen LogP contribution is -1.89. The topological polar surface area (TPSA) is 61.3 Å². The zero-order chi connectivity index (χ0) is 14.8. The maximum absolute atomic E-state index is 5.98. The first-order valence-electron chi connectivity index (χ1n) is 6.34. The van der Waals surface area contributed by atoms with Crippen LogP contribution >= 0.6 is 22.6 Å². The standard InChI is InChI=1S/C16H13IN2O2/c1-20-13-7-5-10(6-8-13)14-15(21-19-16(14)18)11-3-2-4-12(17)9-11/h2-9H,1H3,(H2,18,19). The molecule has 5 heteroatoms. The Bertz CT molecular complexity index is 766. The maximum atomic E-state index is 5.98. The molecule has 1 heterocycles. The summed E-state index contributed by atoms with van der Waals surface area (Å²) in [6, 6.07) is 15.7. The van der Waals surface area contributed by atoms with E-state index in [0.717, 1.165) is 26.0 Å². The van der Waals surface area contributed by atoms with Crippen LogP contribution < -0.4 is 10.5 Å². The minimum absolute atomic E-state index is 0.383. The molecule has 0 amide bonds. The molecule has 21 heavy (non-hydrogen) atoms. The summed E-state index contributed by atoms with van der Waals surface area (Å²) in [5.74, 6) is 1.86. The van der Waals surface area contributed by atoms with Crippen LogP contribution in [0.4, 0.5) is 5.82 Å². The number of aromatic nitrogens is 1. The Kier molecular flexibility index (Phi) is 3.83. The van der Waals surface area contributed by atoms with Crippen LogP contribution in [-0.4, -0.2) is 12.3 Å². The Morgan fingerprint density at radius 3 is 2.52 bits per heavy atom. The zero-order valence-corrected chi connectivity index (χ0v) is 13.5. The van der Waals surface area contributed by atoms with Crippen LogP contribution in [0.5, 0.6) is 5.75 Å². The van der Waals surface area contributed by atoms with Crippen LogP contribution in [0.15, 0.2) is 53.1 Å². The van der Waals surface area contributed by atoms with Gasteiger partial charge in [-0.3, -0.25) is 0 Å². The number of nitrogen functional groups attached to an aromatic ring is 1. The lowest BCUT2D eigenvalue weighted by molar-refractivity contribution is 0.415. The van der Waals surface area contributed by atoms with Crippen LogP contribution in [-0.2, 0) is 0 Å². The highest BCUT2D eigenvalue weighted by Gasteiger charge is 2.17. The molecule has 0 atom stereocenters. The molecule has 0 aliphatic carbocycles. The number of nitrogens with zero attached hydrogens (tertiary/aromatic N) is 1. The molecule has 0 fully saturated rings. The summed E-state index contributed by atoms with van der Waals surface area (Å²) in [6.07, 6.45) is 0. The summed E-state index contributed by atoms with van der Waals surface area (Å²) in [7, 11) is 1.64. The number of benzene rings is 2. The summed E-state index contributed by atoms with van der Waals surface area (Å²) < 4.78 is 11.7. The molecule has 0 bridgehead atoms. The molecule has 2 aromatic carbocycles. The number of methoxy groups -OCH3 is 1. The van der Waals surface area contributed by atoms with Crippen LogP contribution in [0, 0.1) is 3.57 Å². The van der Waals surface area contributed by atoms with Crippen molar-refractivity contribution in [2.24, 2.45) is 0 Å². The number of halogens is 1. The van der Waals surface area contributed by atoms with E-state index in [2.05, 4.69) is 27.7 Å². The first kappa shape index (κ1) is 13.9. The molecule has 3 rings (SSSR count). The smallest absolute Gasteiger partial charge is 0.176 e. The second kappa shape index (κ2) is 5.77. The fourth-order valence-corrected chi connectivity index (χ4v) is 2.71. The summed E-state index contributed by atoms with van der Waals surface area (Å²) in [5, 5.41) is 3.91. The molecule has 0 aliphatic rings. The normalized spacial score (nSPS) is 10.6. The molecule has 2 N–H and O–H groups in total. The molecular formula is C16H13IN2O2. The third-order valence-electron chi connectivity index (χ3n) is 3.18. The molecule has 0 saturated carbocycles. The first-order chi connectivity index (χ1) is 10.2. The van der Waals surface area contributed by atoms with E-state index in [4.69, 9.17) is 15.0 Å². The second-order valence-electron chi connectivity index (χ2n) is 4.51. The van der Waals surface area contributed by atoms with E-state index in [0.29, 0.717) is 11.6 Å². The van der Waals surface area contributed by atoms with Gasteiger partial charge in [0.1, 0.15) is 5.75 Å². The lowest BCUT2D eigenvalue weighted by Gasteiger charge is -2.05. The minimum Gasteiger partial charge on any atom is -0.497 e. The Hall–Kier alpha value is -2.02. The van der Waals surface area contributed by atoms with Crippen molar-refractivity contribution in [2.45, 2.75) is 0 Å². The first-order valence-corrected chi connectivity index (χ1v) is 7.42. The molecule has 0 aliphatic heterocycles. The van der Waals surface area contributed by atoms with Crippen molar-refractivity contribution in [3.8, 4) is 28.2 Å². The maximum Gasteiger partial charge on any atom is 0.176 e. The molecule has 0 radical (unpaired) electrons. The second-order valence-corrected chi connectivity index (χ2v) is 5.76. The SMILES string of the molecule is COc1ccc(-c2c(N)noc2-c2cccc(I)c2)cc1. The fourth-order valence-electron chi connectivity index (χ4n) is 2.17. The summed E-state index contributed by atoms with van der Waals surface area (Å²) >= 11 is 2.26. The quantitative estimate of drug-likeness (QED) is 0.679. The van der Waals surface area contributed by atoms with Crippen molar-refractivity contribution in [2.75, 3.05) is 12.8 Å². The average molecular weight is 392 g/mol. The van der Waals surface area contributed by atoms with Gasteiger partial charge in [0.05, 0.1) is 12.7 Å². The van der Waals surface area contributed by atoms with Gasteiger partial charge in [0, 0.05) is 9.13 Å². The van der Waals surface area contributed by atoms with Gasteiger partial charge in [-0.1, -0.05) is 29.4 Å². The van der Waals surface area contributed by atoms with Crippen LogP contribution in [0.2, 0.25) is 0 Å². The van der Waals surface area contributed by atoms with Crippen molar-refractivity contribution in [3.63, 3.8) is 0 Å². The van der Waals surface area contributed by atoms with Crippen molar-refractivity contribution in [1.29, 1.82) is 0 Å². The van der Waals surface area contributed by atoms with Crippen LogP contribution in [0.3, 0.4) is 0 Å². The third-order valence-corrected chi connectivity index (χ3v) is 3.85. The van der Waals surface area contributed by atoms with E-state index in [-0.39, 0.29) is 0 Å². The molecule has 0 spiro atoms. The van der Waals surface area contributed by atoms with E-state index >= 15 is 0 Å². The van der Waals surface area contributed by atoms with E-state index in [1.807, 2.05) is 48.5 Å². The monoisotopic (exact) mass is 392 g/mol. The molecule has 1 aromatic heterocycles. The van der Waals surface area contributed by atoms with E-state index in [9.17, 15) is 0 Å².